The van der Waals surface area contributed by atoms with Crippen molar-refractivity contribution in [3.8, 4) is 0 Å². The van der Waals surface area contributed by atoms with E-state index in [2.05, 4.69) is 5.32 Å². The Morgan fingerprint density at radius 2 is 1.38 bits per heavy atom. The van der Waals surface area contributed by atoms with Gasteiger partial charge in [0.1, 0.15) is 12.6 Å². The largest absolute Gasteiger partial charge is 0.355 e. The van der Waals surface area contributed by atoms with Crippen LogP contribution >= 0.6 is 0 Å². The number of amides is 2. The van der Waals surface area contributed by atoms with E-state index in [1.54, 1.807) is 30.3 Å². The van der Waals surface area contributed by atoms with E-state index in [1.807, 2.05) is 77.9 Å². The average molecular weight is 550 g/mol. The molecule has 0 aliphatic carbocycles. The van der Waals surface area contributed by atoms with Crippen LogP contribution in [0.1, 0.15) is 48.1 Å². The first-order valence-corrected chi connectivity index (χ1v) is 14.7. The molecular weight excluding hydrogens is 510 g/mol. The average Bonchev–Trinajstić information content (AvgIpc) is 2.90. The van der Waals surface area contributed by atoms with Crippen LogP contribution < -0.4 is 9.62 Å². The monoisotopic (exact) mass is 549 g/mol. The van der Waals surface area contributed by atoms with E-state index in [9.17, 15) is 18.0 Å². The first-order valence-electron chi connectivity index (χ1n) is 13.3. The van der Waals surface area contributed by atoms with Gasteiger partial charge >= 0.3 is 0 Å². The van der Waals surface area contributed by atoms with Crippen LogP contribution in [-0.4, -0.2) is 44.3 Å². The van der Waals surface area contributed by atoms with Crippen molar-refractivity contribution in [1.29, 1.82) is 0 Å². The summed E-state index contributed by atoms with van der Waals surface area (Å²) < 4.78 is 29.2. The summed E-state index contributed by atoms with van der Waals surface area (Å²) in [6.07, 6.45) is 0.387. The number of hydrogen-bond donors (Lipinski definition) is 1. The molecular formula is C31H39N3O4S. The Balaban J connectivity index is 2.10. The third-order valence-electron chi connectivity index (χ3n) is 6.73. The summed E-state index contributed by atoms with van der Waals surface area (Å²) in [5, 5.41) is 2.83. The van der Waals surface area contributed by atoms with Gasteiger partial charge in [-0.25, -0.2) is 8.42 Å². The Morgan fingerprint density at radius 1 is 0.821 bits per heavy atom. The van der Waals surface area contributed by atoms with Crippen LogP contribution in [0.15, 0.2) is 71.6 Å². The van der Waals surface area contributed by atoms with Gasteiger partial charge < -0.3 is 10.2 Å². The zero-order chi connectivity index (χ0) is 28.7. The summed E-state index contributed by atoms with van der Waals surface area (Å²) in [7, 11) is -4.09. The highest BCUT2D eigenvalue weighted by atomic mass is 32.2. The molecule has 7 nitrogen and oxygen atoms in total. The lowest BCUT2D eigenvalue weighted by Crippen LogP contribution is -2.52. The van der Waals surface area contributed by atoms with E-state index in [0.717, 1.165) is 27.8 Å². The predicted molar refractivity (Wildman–Crippen MR) is 156 cm³/mol. The Hall–Kier alpha value is -3.65. The number of anilines is 1. The first kappa shape index (κ1) is 29.9. The van der Waals surface area contributed by atoms with Gasteiger partial charge in [-0.05, 0) is 75.9 Å². The van der Waals surface area contributed by atoms with E-state index in [4.69, 9.17) is 0 Å². The lowest BCUT2D eigenvalue weighted by Gasteiger charge is -2.33. The van der Waals surface area contributed by atoms with Crippen molar-refractivity contribution in [3.63, 3.8) is 0 Å². The van der Waals surface area contributed by atoms with E-state index in [1.165, 1.54) is 9.21 Å². The van der Waals surface area contributed by atoms with Crippen LogP contribution in [0.2, 0.25) is 0 Å². The molecule has 0 saturated carbocycles. The van der Waals surface area contributed by atoms with Gasteiger partial charge in [-0.3, -0.25) is 13.9 Å². The van der Waals surface area contributed by atoms with Gasteiger partial charge in [0, 0.05) is 13.1 Å². The molecule has 0 aromatic heterocycles. The standard InChI is InChI=1S/C31H39N3O4S/c1-7-28(31(36)32-8-2)33(20-26-15-10-22(3)11-16-26)30(35)21-34(29-19-24(5)9-14-25(29)6)39(37,38)27-17-12-23(4)13-18-27/h9-19,28H,7-8,20-21H2,1-6H3,(H,32,36)/t28-/m1/s1. The zero-order valence-electron chi connectivity index (χ0n) is 23.7. The number of hydrogen-bond acceptors (Lipinski definition) is 4. The molecule has 1 atom stereocenters. The molecule has 0 aliphatic rings. The van der Waals surface area contributed by atoms with Crippen molar-refractivity contribution < 1.29 is 18.0 Å². The van der Waals surface area contributed by atoms with Gasteiger partial charge in [0.15, 0.2) is 0 Å². The van der Waals surface area contributed by atoms with E-state index < -0.39 is 28.5 Å². The fraction of sp³-hybridized carbons (Fsp3) is 0.355. The van der Waals surface area contributed by atoms with Crippen molar-refractivity contribution >= 4 is 27.5 Å². The highest BCUT2D eigenvalue weighted by Crippen LogP contribution is 2.29. The van der Waals surface area contributed by atoms with Gasteiger partial charge in [-0.2, -0.15) is 0 Å². The third kappa shape index (κ3) is 7.26. The summed E-state index contributed by atoms with van der Waals surface area (Å²) >= 11 is 0. The third-order valence-corrected chi connectivity index (χ3v) is 8.51. The van der Waals surface area contributed by atoms with Crippen LogP contribution in [0.5, 0.6) is 0 Å². The number of sulfonamides is 1. The smallest absolute Gasteiger partial charge is 0.264 e. The normalized spacial score (nSPS) is 12.1. The molecule has 0 radical (unpaired) electrons. The minimum absolute atomic E-state index is 0.0997. The molecule has 0 spiro atoms. The van der Waals surface area contributed by atoms with Crippen molar-refractivity contribution in [3.05, 3.63) is 94.5 Å². The fourth-order valence-corrected chi connectivity index (χ4v) is 5.91. The Labute approximate surface area is 232 Å². The maximum Gasteiger partial charge on any atom is 0.264 e. The second kappa shape index (κ2) is 12.9. The highest BCUT2D eigenvalue weighted by Gasteiger charge is 2.34. The molecule has 0 aliphatic heterocycles. The molecule has 3 aromatic rings. The van der Waals surface area contributed by atoms with Gasteiger partial charge in [0.2, 0.25) is 11.8 Å². The van der Waals surface area contributed by atoms with E-state index >= 15 is 0 Å². The van der Waals surface area contributed by atoms with Crippen molar-refractivity contribution in [1.82, 2.24) is 10.2 Å². The van der Waals surface area contributed by atoms with E-state index in [0.29, 0.717) is 18.7 Å². The summed E-state index contributed by atoms with van der Waals surface area (Å²) in [5.41, 5.74) is 4.90. The lowest BCUT2D eigenvalue weighted by atomic mass is 10.1. The number of likely N-dealkylation sites (N-methyl/N-ethyl adjacent to an activating group) is 1. The zero-order valence-corrected chi connectivity index (χ0v) is 24.5. The number of carbonyl (C=O) groups excluding carboxylic acids is 2. The lowest BCUT2D eigenvalue weighted by molar-refractivity contribution is -0.140. The number of carbonyl (C=O) groups is 2. The van der Waals surface area contributed by atoms with Crippen LogP contribution in [0.4, 0.5) is 5.69 Å². The molecule has 208 valence electrons. The van der Waals surface area contributed by atoms with Crippen molar-refractivity contribution in [2.24, 2.45) is 0 Å². The first-order chi connectivity index (χ1) is 18.5. The number of rotatable bonds is 11. The van der Waals surface area contributed by atoms with Crippen molar-refractivity contribution in [2.75, 3.05) is 17.4 Å². The molecule has 3 aromatic carbocycles. The summed E-state index contributed by atoms with van der Waals surface area (Å²) in [6.45, 7) is 11.4. The maximum absolute atomic E-state index is 14.1. The van der Waals surface area contributed by atoms with E-state index in [-0.39, 0.29) is 17.3 Å². The fourth-order valence-electron chi connectivity index (χ4n) is 4.44. The molecule has 0 saturated heterocycles. The Kier molecular flexibility index (Phi) is 9.92. The van der Waals surface area contributed by atoms with Gasteiger partial charge in [-0.15, -0.1) is 0 Å². The molecule has 2 amide bonds. The van der Waals surface area contributed by atoms with Gasteiger partial charge in [0.05, 0.1) is 10.6 Å². The topological polar surface area (TPSA) is 86.8 Å². The molecule has 1 N–H and O–H groups in total. The van der Waals surface area contributed by atoms with Gasteiger partial charge in [0.25, 0.3) is 10.0 Å². The Bertz CT molecular complexity index is 1400. The summed E-state index contributed by atoms with van der Waals surface area (Å²) in [5.74, 6) is -0.717. The van der Waals surface area contributed by atoms with Crippen LogP contribution in [-0.2, 0) is 26.2 Å². The molecule has 0 unspecified atom stereocenters. The minimum atomic E-state index is -4.09. The number of aryl methyl sites for hydroxylation is 4. The quantitative estimate of drug-likeness (QED) is 0.362. The second-order valence-electron chi connectivity index (χ2n) is 9.94. The predicted octanol–water partition coefficient (Wildman–Crippen LogP) is 5.06. The molecule has 0 fully saturated rings. The van der Waals surface area contributed by atoms with Crippen molar-refractivity contribution in [2.45, 2.75) is 65.4 Å². The van der Waals surface area contributed by atoms with Crippen LogP contribution in [0.3, 0.4) is 0 Å². The minimum Gasteiger partial charge on any atom is -0.355 e. The van der Waals surface area contributed by atoms with Gasteiger partial charge in [-0.1, -0.05) is 66.6 Å². The SMILES string of the molecule is CCNC(=O)[C@@H](CC)N(Cc1ccc(C)cc1)C(=O)CN(c1cc(C)ccc1C)S(=O)(=O)c1ccc(C)cc1. The number of benzene rings is 3. The molecule has 8 heteroatoms. The molecule has 0 bridgehead atoms. The Morgan fingerprint density at radius 3 is 1.95 bits per heavy atom. The molecule has 3 rings (SSSR count). The maximum atomic E-state index is 14.1. The number of nitrogens with zero attached hydrogens (tertiary/aromatic N) is 2. The summed E-state index contributed by atoms with van der Waals surface area (Å²) in [4.78, 5) is 28.7. The molecule has 39 heavy (non-hydrogen) atoms. The summed E-state index contributed by atoms with van der Waals surface area (Å²) in [6, 6.07) is 19.1. The van der Waals surface area contributed by atoms with Crippen LogP contribution in [0, 0.1) is 27.7 Å². The second-order valence-corrected chi connectivity index (χ2v) is 11.8. The molecule has 0 heterocycles. The van der Waals surface area contributed by atoms with Crippen LogP contribution in [0.25, 0.3) is 0 Å². The highest BCUT2D eigenvalue weighted by molar-refractivity contribution is 7.92. The number of nitrogens with one attached hydrogen (secondary N) is 1.